The zero-order chi connectivity index (χ0) is 13.7. The zero-order valence-corrected chi connectivity index (χ0v) is 11.3. The lowest BCUT2D eigenvalue weighted by Crippen LogP contribution is -2.38. The lowest BCUT2D eigenvalue weighted by atomic mass is 10.1. The fraction of sp³-hybridized carbons (Fsp3) is 0.571. The molecule has 1 fully saturated rings. The number of para-hydroxylation sites is 1. The van der Waals surface area contributed by atoms with Gasteiger partial charge in [0.2, 0.25) is 0 Å². The molecule has 1 aromatic rings. The fourth-order valence-corrected chi connectivity index (χ4v) is 2.71. The second kappa shape index (κ2) is 6.63. The predicted octanol–water partition coefficient (Wildman–Crippen LogP) is 1.82. The molecular weight excluding hydrogens is 242 g/mol. The molecule has 0 bridgehead atoms. The van der Waals surface area contributed by atoms with Gasteiger partial charge < -0.3 is 5.32 Å². The van der Waals surface area contributed by atoms with Gasteiger partial charge in [-0.05, 0) is 25.9 Å². The Morgan fingerprint density at radius 1 is 1.47 bits per heavy atom. The molecule has 19 heavy (non-hydrogen) atoms. The first kappa shape index (κ1) is 14.0. The van der Waals surface area contributed by atoms with Crippen molar-refractivity contribution in [1.82, 2.24) is 10.2 Å². The third-order valence-corrected chi connectivity index (χ3v) is 3.81. The molecule has 0 radical (unpaired) electrons. The van der Waals surface area contributed by atoms with E-state index in [1.807, 2.05) is 12.1 Å². The van der Waals surface area contributed by atoms with Gasteiger partial charge >= 0.3 is 0 Å². The van der Waals surface area contributed by atoms with Crippen LogP contribution in [0.5, 0.6) is 0 Å². The van der Waals surface area contributed by atoms with E-state index in [9.17, 15) is 10.1 Å². The highest BCUT2D eigenvalue weighted by Gasteiger charge is 2.21. The number of rotatable bonds is 6. The molecule has 0 aliphatic carbocycles. The molecule has 1 atom stereocenters. The molecule has 5 heteroatoms. The van der Waals surface area contributed by atoms with Crippen LogP contribution in [0, 0.1) is 10.1 Å². The molecule has 0 aromatic heterocycles. The Labute approximate surface area is 113 Å². The summed E-state index contributed by atoms with van der Waals surface area (Å²) in [4.78, 5) is 13.1. The number of nitro groups is 1. The number of nitrogens with zero attached hydrogens (tertiary/aromatic N) is 2. The van der Waals surface area contributed by atoms with Crippen LogP contribution in [0.3, 0.4) is 0 Å². The van der Waals surface area contributed by atoms with Gasteiger partial charge in [-0.1, -0.05) is 25.1 Å². The molecule has 5 nitrogen and oxygen atoms in total. The van der Waals surface area contributed by atoms with Crippen LogP contribution in [0.1, 0.15) is 18.9 Å². The van der Waals surface area contributed by atoms with Gasteiger partial charge in [0.25, 0.3) is 5.69 Å². The van der Waals surface area contributed by atoms with Gasteiger partial charge in [-0.25, -0.2) is 0 Å². The molecule has 1 aliphatic heterocycles. The smallest absolute Gasteiger partial charge is 0.272 e. The number of hydrogen-bond acceptors (Lipinski definition) is 4. The molecule has 0 saturated carbocycles. The molecule has 2 rings (SSSR count). The molecule has 1 heterocycles. The Bertz CT molecular complexity index is 430. The molecule has 1 N–H and O–H groups in total. The first-order valence-corrected chi connectivity index (χ1v) is 6.89. The summed E-state index contributed by atoms with van der Waals surface area (Å²) in [6.45, 7) is 6.13. The second-order valence-corrected chi connectivity index (χ2v) is 4.91. The molecule has 1 aromatic carbocycles. The Balaban J connectivity index is 1.99. The van der Waals surface area contributed by atoms with Gasteiger partial charge in [0.05, 0.1) is 4.92 Å². The summed E-state index contributed by atoms with van der Waals surface area (Å²) >= 11 is 0. The van der Waals surface area contributed by atoms with Gasteiger partial charge in [-0.3, -0.25) is 15.0 Å². The average molecular weight is 263 g/mol. The third-order valence-electron chi connectivity index (χ3n) is 3.81. The summed E-state index contributed by atoms with van der Waals surface area (Å²) in [6.07, 6.45) is 1.91. The molecule has 104 valence electrons. The molecule has 0 spiro atoms. The first-order chi connectivity index (χ1) is 9.22. The third kappa shape index (κ3) is 3.52. The molecule has 1 saturated heterocycles. The minimum absolute atomic E-state index is 0.239. The quantitative estimate of drug-likeness (QED) is 0.628. The first-order valence-electron chi connectivity index (χ1n) is 6.89. The topological polar surface area (TPSA) is 58.4 Å². The minimum atomic E-state index is -0.289. The Morgan fingerprint density at radius 3 is 2.89 bits per heavy atom. The second-order valence-electron chi connectivity index (χ2n) is 4.91. The van der Waals surface area contributed by atoms with Crippen molar-refractivity contribution in [3.63, 3.8) is 0 Å². The normalized spacial score (nSPS) is 18.9. The van der Waals surface area contributed by atoms with E-state index in [1.54, 1.807) is 12.1 Å². The Morgan fingerprint density at radius 2 is 2.26 bits per heavy atom. The maximum absolute atomic E-state index is 11.0. The summed E-state index contributed by atoms with van der Waals surface area (Å²) in [7, 11) is 0. The summed E-state index contributed by atoms with van der Waals surface area (Å²) in [5.74, 6) is 0. The van der Waals surface area contributed by atoms with Crippen LogP contribution in [-0.2, 0) is 6.42 Å². The van der Waals surface area contributed by atoms with Crippen molar-refractivity contribution in [2.24, 2.45) is 0 Å². The molecule has 1 aliphatic rings. The molecule has 1 unspecified atom stereocenters. The van der Waals surface area contributed by atoms with E-state index in [-0.39, 0.29) is 10.6 Å². The number of benzene rings is 1. The van der Waals surface area contributed by atoms with E-state index in [2.05, 4.69) is 17.1 Å². The van der Waals surface area contributed by atoms with E-state index < -0.39 is 0 Å². The van der Waals surface area contributed by atoms with Gasteiger partial charge in [0.1, 0.15) is 0 Å². The van der Waals surface area contributed by atoms with E-state index in [1.165, 1.54) is 6.42 Å². The van der Waals surface area contributed by atoms with Crippen LogP contribution in [0.25, 0.3) is 0 Å². The van der Waals surface area contributed by atoms with Gasteiger partial charge in [-0.15, -0.1) is 0 Å². The minimum Gasteiger partial charge on any atom is -0.315 e. The number of hydrogen-bond donors (Lipinski definition) is 1. The van der Waals surface area contributed by atoms with Crippen LogP contribution >= 0.6 is 0 Å². The van der Waals surface area contributed by atoms with Crippen LogP contribution in [-0.4, -0.2) is 42.0 Å². The summed E-state index contributed by atoms with van der Waals surface area (Å²) in [6, 6.07) is 7.62. The van der Waals surface area contributed by atoms with Crippen molar-refractivity contribution in [3.8, 4) is 0 Å². The molecular formula is C14H21N3O2. The van der Waals surface area contributed by atoms with Gasteiger partial charge in [-0.2, -0.15) is 0 Å². The van der Waals surface area contributed by atoms with E-state index in [0.29, 0.717) is 6.04 Å². The van der Waals surface area contributed by atoms with Gasteiger partial charge in [0.15, 0.2) is 0 Å². The number of likely N-dealkylation sites (N-methyl/N-ethyl adjacent to an activating group) is 1. The van der Waals surface area contributed by atoms with Gasteiger partial charge in [0, 0.05) is 30.8 Å². The van der Waals surface area contributed by atoms with Crippen LogP contribution < -0.4 is 5.32 Å². The van der Waals surface area contributed by atoms with E-state index >= 15 is 0 Å². The van der Waals surface area contributed by atoms with Crippen molar-refractivity contribution < 1.29 is 4.92 Å². The van der Waals surface area contributed by atoms with Crippen molar-refractivity contribution in [3.05, 3.63) is 39.9 Å². The summed E-state index contributed by atoms with van der Waals surface area (Å²) < 4.78 is 0. The van der Waals surface area contributed by atoms with Crippen molar-refractivity contribution in [2.45, 2.75) is 25.8 Å². The Hall–Kier alpha value is -1.46. The highest BCUT2D eigenvalue weighted by Crippen LogP contribution is 2.19. The van der Waals surface area contributed by atoms with Crippen LogP contribution in [0.15, 0.2) is 24.3 Å². The number of nitrogens with one attached hydrogen (secondary N) is 1. The maximum atomic E-state index is 11.0. The molecule has 0 amide bonds. The summed E-state index contributed by atoms with van der Waals surface area (Å²) in [5.41, 5.74) is 1.07. The fourth-order valence-electron chi connectivity index (χ4n) is 2.71. The largest absolute Gasteiger partial charge is 0.315 e. The predicted molar refractivity (Wildman–Crippen MR) is 75.3 cm³/mol. The lowest BCUT2D eigenvalue weighted by molar-refractivity contribution is -0.385. The van der Waals surface area contributed by atoms with Crippen LogP contribution in [0.4, 0.5) is 5.69 Å². The van der Waals surface area contributed by atoms with Crippen LogP contribution in [0.2, 0.25) is 0 Å². The van der Waals surface area contributed by atoms with Crippen molar-refractivity contribution in [1.29, 1.82) is 0 Å². The average Bonchev–Trinajstić information content (AvgIpc) is 2.94. The van der Waals surface area contributed by atoms with E-state index in [4.69, 9.17) is 0 Å². The lowest BCUT2D eigenvalue weighted by Gasteiger charge is -2.26. The Kier molecular flexibility index (Phi) is 4.87. The summed E-state index contributed by atoms with van der Waals surface area (Å²) in [5, 5.41) is 14.3. The highest BCUT2D eigenvalue weighted by molar-refractivity contribution is 5.39. The number of nitro benzene ring substituents is 1. The maximum Gasteiger partial charge on any atom is 0.272 e. The zero-order valence-electron chi connectivity index (χ0n) is 11.3. The monoisotopic (exact) mass is 263 g/mol. The van der Waals surface area contributed by atoms with Crippen molar-refractivity contribution in [2.75, 3.05) is 26.2 Å². The van der Waals surface area contributed by atoms with E-state index in [0.717, 1.165) is 38.2 Å². The van der Waals surface area contributed by atoms with Crippen molar-refractivity contribution >= 4 is 5.69 Å². The standard InChI is InChI=1S/C14H21N3O2/c1-2-16(13-7-9-15-11-13)10-8-12-5-3-4-6-14(12)17(18)19/h3-6,13,15H,2,7-11H2,1H3. The highest BCUT2D eigenvalue weighted by atomic mass is 16.6. The SMILES string of the molecule is CCN(CCc1ccccc1[N+](=O)[O-])C1CCNC1.